The molecular weight excluding hydrogens is 319 g/mol. The fourth-order valence-electron chi connectivity index (χ4n) is 3.14. The van der Waals surface area contributed by atoms with Crippen molar-refractivity contribution in [2.75, 3.05) is 26.3 Å². The summed E-state index contributed by atoms with van der Waals surface area (Å²) in [6.45, 7) is 2.35. The Morgan fingerprint density at radius 3 is 2.68 bits per heavy atom. The van der Waals surface area contributed by atoms with Crippen LogP contribution in [0.25, 0.3) is 0 Å². The molecular formula is C15H15ClF3NO2. The maximum absolute atomic E-state index is 12.8. The standard InChI is InChI=1S/C15H15ClF3NO2/c16-12-6-10(5-11(7-12)15(17,18)19)13(21)20-3-1-14(8-20)2-4-22-9-14/h5-7H,1-4,8-9H2/t14-/m0/s1. The monoisotopic (exact) mass is 333 g/mol. The third-order valence-electron chi connectivity index (χ3n) is 4.38. The number of carbonyl (C=O) groups is 1. The molecule has 1 aromatic rings. The lowest BCUT2D eigenvalue weighted by atomic mass is 9.87. The van der Waals surface area contributed by atoms with Crippen molar-refractivity contribution < 1.29 is 22.7 Å². The second kappa shape index (κ2) is 5.42. The van der Waals surface area contributed by atoms with E-state index in [-0.39, 0.29) is 16.0 Å². The Labute approximate surface area is 131 Å². The van der Waals surface area contributed by atoms with E-state index in [2.05, 4.69) is 0 Å². The predicted octanol–water partition coefficient (Wildman–Crippen LogP) is 3.61. The summed E-state index contributed by atoms with van der Waals surface area (Å²) in [5.74, 6) is -0.406. The molecule has 7 heteroatoms. The third-order valence-corrected chi connectivity index (χ3v) is 4.60. The molecule has 1 spiro atoms. The van der Waals surface area contributed by atoms with E-state index < -0.39 is 17.6 Å². The molecule has 0 aliphatic carbocycles. The summed E-state index contributed by atoms with van der Waals surface area (Å²) in [5, 5.41) is -0.0868. The molecule has 1 aromatic carbocycles. The minimum absolute atomic E-state index is 0.0178. The van der Waals surface area contributed by atoms with E-state index in [1.807, 2.05) is 0 Å². The number of hydrogen-bond acceptors (Lipinski definition) is 2. The summed E-state index contributed by atoms with van der Waals surface area (Å²) >= 11 is 5.74. The van der Waals surface area contributed by atoms with Crippen LogP contribution in [0, 0.1) is 5.41 Å². The average Bonchev–Trinajstić information content (AvgIpc) is 3.07. The Kier molecular flexibility index (Phi) is 3.85. The molecule has 0 aromatic heterocycles. The lowest BCUT2D eigenvalue weighted by molar-refractivity contribution is -0.137. The Hall–Kier alpha value is -1.27. The van der Waals surface area contributed by atoms with Gasteiger partial charge in [0.25, 0.3) is 5.91 Å². The van der Waals surface area contributed by atoms with Crippen molar-refractivity contribution >= 4 is 17.5 Å². The maximum Gasteiger partial charge on any atom is 0.416 e. The van der Waals surface area contributed by atoms with Gasteiger partial charge in [-0.1, -0.05) is 11.6 Å². The number of benzene rings is 1. The zero-order valence-corrected chi connectivity index (χ0v) is 12.5. The van der Waals surface area contributed by atoms with Crippen LogP contribution in [-0.2, 0) is 10.9 Å². The molecule has 3 nitrogen and oxygen atoms in total. The number of halogens is 4. The maximum atomic E-state index is 12.8. The largest absolute Gasteiger partial charge is 0.416 e. The molecule has 0 N–H and O–H groups in total. The van der Waals surface area contributed by atoms with E-state index in [0.29, 0.717) is 26.3 Å². The van der Waals surface area contributed by atoms with Crippen LogP contribution < -0.4 is 0 Å². The molecule has 2 heterocycles. The topological polar surface area (TPSA) is 29.5 Å². The zero-order chi connectivity index (χ0) is 16.0. The molecule has 3 rings (SSSR count). The van der Waals surface area contributed by atoms with Gasteiger partial charge < -0.3 is 9.64 Å². The van der Waals surface area contributed by atoms with Gasteiger partial charge in [-0.25, -0.2) is 0 Å². The molecule has 22 heavy (non-hydrogen) atoms. The van der Waals surface area contributed by atoms with Gasteiger partial charge in [0.15, 0.2) is 0 Å². The van der Waals surface area contributed by atoms with Crippen LogP contribution >= 0.6 is 11.6 Å². The summed E-state index contributed by atoms with van der Waals surface area (Å²) in [6.07, 6.45) is -2.81. The van der Waals surface area contributed by atoms with Gasteiger partial charge in [0.05, 0.1) is 12.2 Å². The van der Waals surface area contributed by atoms with Crippen molar-refractivity contribution in [2.45, 2.75) is 19.0 Å². The smallest absolute Gasteiger partial charge is 0.381 e. The Morgan fingerprint density at radius 2 is 2.05 bits per heavy atom. The molecule has 2 aliphatic heterocycles. The molecule has 1 atom stereocenters. The SMILES string of the molecule is O=C(c1cc(Cl)cc(C(F)(F)F)c1)N1CC[C@]2(CCOC2)C1. The van der Waals surface area contributed by atoms with Gasteiger partial charge in [0, 0.05) is 35.7 Å². The van der Waals surface area contributed by atoms with Crippen LogP contribution in [0.15, 0.2) is 18.2 Å². The molecule has 0 bridgehead atoms. The number of likely N-dealkylation sites (tertiary alicyclic amines) is 1. The third kappa shape index (κ3) is 2.94. The van der Waals surface area contributed by atoms with Gasteiger partial charge in [-0.05, 0) is 31.0 Å². The number of amides is 1. The first-order valence-corrected chi connectivity index (χ1v) is 7.42. The Balaban J connectivity index is 1.82. The molecule has 0 radical (unpaired) electrons. The Morgan fingerprint density at radius 1 is 1.27 bits per heavy atom. The number of alkyl halides is 3. The highest BCUT2D eigenvalue weighted by Crippen LogP contribution is 2.39. The number of rotatable bonds is 1. The van der Waals surface area contributed by atoms with E-state index in [9.17, 15) is 18.0 Å². The Bertz CT molecular complexity index is 597. The van der Waals surface area contributed by atoms with Crippen molar-refractivity contribution in [2.24, 2.45) is 5.41 Å². The molecule has 120 valence electrons. The molecule has 0 saturated carbocycles. The number of ether oxygens (including phenoxy) is 1. The van der Waals surface area contributed by atoms with Crippen molar-refractivity contribution in [3.8, 4) is 0 Å². The van der Waals surface area contributed by atoms with Crippen LogP contribution in [0.3, 0.4) is 0 Å². The van der Waals surface area contributed by atoms with Crippen molar-refractivity contribution in [3.63, 3.8) is 0 Å². The van der Waals surface area contributed by atoms with Gasteiger partial charge in [0.2, 0.25) is 0 Å². The van der Waals surface area contributed by atoms with E-state index >= 15 is 0 Å². The van der Waals surface area contributed by atoms with Gasteiger partial charge in [-0.15, -0.1) is 0 Å². The zero-order valence-electron chi connectivity index (χ0n) is 11.8. The number of nitrogens with zero attached hydrogens (tertiary/aromatic N) is 1. The first-order valence-electron chi connectivity index (χ1n) is 7.04. The molecule has 2 fully saturated rings. The summed E-state index contributed by atoms with van der Waals surface area (Å²) < 4.78 is 43.9. The quantitative estimate of drug-likeness (QED) is 0.785. The van der Waals surface area contributed by atoms with E-state index in [1.165, 1.54) is 6.07 Å². The predicted molar refractivity (Wildman–Crippen MR) is 74.8 cm³/mol. The first kappa shape index (κ1) is 15.6. The highest BCUT2D eigenvalue weighted by molar-refractivity contribution is 6.31. The van der Waals surface area contributed by atoms with Crippen LogP contribution in [0.2, 0.25) is 5.02 Å². The van der Waals surface area contributed by atoms with Crippen LogP contribution in [0.1, 0.15) is 28.8 Å². The summed E-state index contributed by atoms with van der Waals surface area (Å²) in [4.78, 5) is 14.1. The van der Waals surface area contributed by atoms with E-state index in [4.69, 9.17) is 16.3 Å². The summed E-state index contributed by atoms with van der Waals surface area (Å²) in [7, 11) is 0. The van der Waals surface area contributed by atoms with Crippen molar-refractivity contribution in [3.05, 3.63) is 34.3 Å². The minimum Gasteiger partial charge on any atom is -0.381 e. The lowest BCUT2D eigenvalue weighted by Gasteiger charge is -2.22. The van der Waals surface area contributed by atoms with Crippen molar-refractivity contribution in [1.29, 1.82) is 0 Å². The van der Waals surface area contributed by atoms with E-state index in [1.54, 1.807) is 4.90 Å². The number of hydrogen-bond donors (Lipinski definition) is 0. The summed E-state index contributed by atoms with van der Waals surface area (Å²) in [6, 6.07) is 2.98. The van der Waals surface area contributed by atoms with E-state index in [0.717, 1.165) is 25.0 Å². The summed E-state index contributed by atoms with van der Waals surface area (Å²) in [5.41, 5.74) is -0.946. The van der Waals surface area contributed by atoms with Crippen LogP contribution in [0.4, 0.5) is 13.2 Å². The van der Waals surface area contributed by atoms with Crippen LogP contribution in [-0.4, -0.2) is 37.1 Å². The average molecular weight is 334 g/mol. The lowest BCUT2D eigenvalue weighted by Crippen LogP contribution is -2.32. The molecule has 0 unspecified atom stereocenters. The highest BCUT2D eigenvalue weighted by atomic mass is 35.5. The normalized spacial score (nSPS) is 25.2. The number of carbonyl (C=O) groups excluding carboxylic acids is 1. The first-order chi connectivity index (χ1) is 10.3. The van der Waals surface area contributed by atoms with Gasteiger partial charge in [-0.2, -0.15) is 13.2 Å². The molecule has 2 aliphatic rings. The van der Waals surface area contributed by atoms with Crippen LogP contribution in [0.5, 0.6) is 0 Å². The fraction of sp³-hybridized carbons (Fsp3) is 0.533. The highest BCUT2D eigenvalue weighted by Gasteiger charge is 2.43. The van der Waals surface area contributed by atoms with Gasteiger partial charge >= 0.3 is 6.18 Å². The second-order valence-corrected chi connectivity index (χ2v) is 6.44. The van der Waals surface area contributed by atoms with Gasteiger partial charge in [-0.3, -0.25) is 4.79 Å². The van der Waals surface area contributed by atoms with Gasteiger partial charge in [0.1, 0.15) is 0 Å². The second-order valence-electron chi connectivity index (χ2n) is 6.01. The van der Waals surface area contributed by atoms with Crippen molar-refractivity contribution in [1.82, 2.24) is 4.90 Å². The molecule has 2 saturated heterocycles. The fourth-order valence-corrected chi connectivity index (χ4v) is 3.37. The minimum atomic E-state index is -4.52. The molecule has 1 amide bonds.